The van der Waals surface area contributed by atoms with Crippen LogP contribution in [-0.4, -0.2) is 32.2 Å². The highest BCUT2D eigenvalue weighted by atomic mass is 19.4. The number of hydrogen-bond donors (Lipinski definition) is 2. The van der Waals surface area contributed by atoms with E-state index in [4.69, 9.17) is 4.74 Å². The number of carbonyl (C=O) groups excluding carboxylic acids is 1. The smallest absolute Gasteiger partial charge is 0.383 e. The third-order valence-corrected chi connectivity index (χ3v) is 2.56. The van der Waals surface area contributed by atoms with E-state index in [1.54, 1.807) is 6.92 Å². The van der Waals surface area contributed by atoms with E-state index in [-0.39, 0.29) is 18.3 Å². The van der Waals surface area contributed by atoms with Gasteiger partial charge in [-0.3, -0.25) is 4.79 Å². The standard InChI is InChI=1S/C13H16F4N2O2/c1-8(7-21-2)19-12(20)6-18-11-5-9(13(15,16)17)3-4-10(11)14/h3-5,8,18H,6-7H2,1-2H3,(H,19,20). The first-order valence-corrected chi connectivity index (χ1v) is 6.13. The number of amides is 1. The zero-order valence-corrected chi connectivity index (χ0v) is 11.6. The van der Waals surface area contributed by atoms with Gasteiger partial charge in [0.1, 0.15) is 5.82 Å². The second-order valence-electron chi connectivity index (χ2n) is 4.47. The lowest BCUT2D eigenvalue weighted by atomic mass is 10.2. The molecule has 2 N–H and O–H groups in total. The van der Waals surface area contributed by atoms with Gasteiger partial charge in [-0.1, -0.05) is 0 Å². The van der Waals surface area contributed by atoms with Crippen molar-refractivity contribution in [3.05, 3.63) is 29.6 Å². The van der Waals surface area contributed by atoms with E-state index < -0.39 is 23.5 Å². The molecule has 0 aliphatic heterocycles. The molecule has 21 heavy (non-hydrogen) atoms. The van der Waals surface area contributed by atoms with Gasteiger partial charge in [0.2, 0.25) is 5.91 Å². The monoisotopic (exact) mass is 308 g/mol. The van der Waals surface area contributed by atoms with Crippen molar-refractivity contribution in [3.8, 4) is 0 Å². The molecular weight excluding hydrogens is 292 g/mol. The number of nitrogens with one attached hydrogen (secondary N) is 2. The number of hydrogen-bond acceptors (Lipinski definition) is 3. The normalized spacial score (nSPS) is 12.9. The summed E-state index contributed by atoms with van der Waals surface area (Å²) in [5.41, 5.74) is -1.36. The fourth-order valence-electron chi connectivity index (χ4n) is 1.63. The molecule has 0 aromatic heterocycles. The maximum Gasteiger partial charge on any atom is 0.416 e. The van der Waals surface area contributed by atoms with Crippen LogP contribution in [0.1, 0.15) is 12.5 Å². The molecule has 0 bridgehead atoms. The summed E-state index contributed by atoms with van der Waals surface area (Å²) in [7, 11) is 1.47. The van der Waals surface area contributed by atoms with Crippen LogP contribution in [0.25, 0.3) is 0 Å². The lowest BCUT2D eigenvalue weighted by Gasteiger charge is -2.14. The Labute approximate surface area is 119 Å². The molecule has 0 fully saturated rings. The fraction of sp³-hybridized carbons (Fsp3) is 0.462. The van der Waals surface area contributed by atoms with Crippen molar-refractivity contribution >= 4 is 11.6 Å². The van der Waals surface area contributed by atoms with Crippen LogP contribution in [0.5, 0.6) is 0 Å². The van der Waals surface area contributed by atoms with Crippen LogP contribution in [0.4, 0.5) is 23.2 Å². The van der Waals surface area contributed by atoms with Crippen molar-refractivity contribution in [3.63, 3.8) is 0 Å². The van der Waals surface area contributed by atoms with Crippen LogP contribution in [0.2, 0.25) is 0 Å². The average molecular weight is 308 g/mol. The van der Waals surface area contributed by atoms with Crippen LogP contribution in [0, 0.1) is 5.82 Å². The summed E-state index contributed by atoms with van der Waals surface area (Å²) >= 11 is 0. The van der Waals surface area contributed by atoms with Gasteiger partial charge in [0.25, 0.3) is 0 Å². The van der Waals surface area contributed by atoms with Crippen molar-refractivity contribution in [2.45, 2.75) is 19.1 Å². The first kappa shape index (κ1) is 17.2. The van der Waals surface area contributed by atoms with Gasteiger partial charge in [0.15, 0.2) is 0 Å². The molecule has 1 amide bonds. The summed E-state index contributed by atoms with van der Waals surface area (Å²) < 4.78 is 55.8. The van der Waals surface area contributed by atoms with Gasteiger partial charge < -0.3 is 15.4 Å². The van der Waals surface area contributed by atoms with Gasteiger partial charge in [0.05, 0.1) is 24.4 Å². The average Bonchev–Trinajstić information content (AvgIpc) is 2.36. The quantitative estimate of drug-likeness (QED) is 0.794. The number of rotatable bonds is 6. The lowest BCUT2D eigenvalue weighted by molar-refractivity contribution is -0.137. The largest absolute Gasteiger partial charge is 0.416 e. The first-order valence-electron chi connectivity index (χ1n) is 6.13. The molecule has 0 saturated carbocycles. The van der Waals surface area contributed by atoms with Crippen molar-refractivity contribution in [2.24, 2.45) is 0 Å². The third kappa shape index (κ3) is 5.58. The minimum atomic E-state index is -4.57. The molecule has 8 heteroatoms. The number of ether oxygens (including phenoxy) is 1. The summed E-state index contributed by atoms with van der Waals surface area (Å²) in [4.78, 5) is 11.5. The highest BCUT2D eigenvalue weighted by Gasteiger charge is 2.31. The molecule has 0 aliphatic rings. The van der Waals surface area contributed by atoms with Crippen molar-refractivity contribution < 1.29 is 27.1 Å². The number of alkyl halides is 3. The van der Waals surface area contributed by atoms with Gasteiger partial charge >= 0.3 is 6.18 Å². The number of benzene rings is 1. The molecule has 1 aromatic rings. The Bertz CT molecular complexity index is 492. The fourth-order valence-corrected chi connectivity index (χ4v) is 1.63. The molecule has 0 spiro atoms. The maximum absolute atomic E-state index is 13.4. The lowest BCUT2D eigenvalue weighted by Crippen LogP contribution is -2.39. The number of anilines is 1. The SMILES string of the molecule is COCC(C)NC(=O)CNc1cc(C(F)(F)F)ccc1F. The molecule has 1 atom stereocenters. The molecule has 118 valence electrons. The van der Waals surface area contributed by atoms with Crippen molar-refractivity contribution in [1.82, 2.24) is 5.32 Å². The van der Waals surface area contributed by atoms with E-state index in [1.165, 1.54) is 7.11 Å². The molecule has 0 radical (unpaired) electrons. The number of methoxy groups -OCH3 is 1. The molecule has 1 rings (SSSR count). The number of carbonyl (C=O) groups is 1. The Morgan fingerprint density at radius 3 is 2.62 bits per heavy atom. The minimum Gasteiger partial charge on any atom is -0.383 e. The predicted octanol–water partition coefficient (Wildman–Crippen LogP) is 2.41. The van der Waals surface area contributed by atoms with E-state index in [0.717, 1.165) is 0 Å². The van der Waals surface area contributed by atoms with E-state index in [1.807, 2.05) is 0 Å². The summed E-state index contributed by atoms with van der Waals surface area (Å²) in [5.74, 6) is -1.34. The number of halogens is 4. The van der Waals surface area contributed by atoms with Crippen LogP contribution in [-0.2, 0) is 15.7 Å². The minimum absolute atomic E-state index is 0.254. The van der Waals surface area contributed by atoms with E-state index >= 15 is 0 Å². The summed E-state index contributed by atoms with van der Waals surface area (Å²) in [6.07, 6.45) is -4.57. The molecule has 4 nitrogen and oxygen atoms in total. The molecule has 1 aromatic carbocycles. The zero-order chi connectivity index (χ0) is 16.0. The Balaban J connectivity index is 2.65. The third-order valence-electron chi connectivity index (χ3n) is 2.56. The second-order valence-corrected chi connectivity index (χ2v) is 4.47. The zero-order valence-electron chi connectivity index (χ0n) is 11.6. The van der Waals surface area contributed by atoms with Crippen LogP contribution in [0.3, 0.4) is 0 Å². The van der Waals surface area contributed by atoms with E-state index in [2.05, 4.69) is 10.6 Å². The Morgan fingerprint density at radius 1 is 1.38 bits per heavy atom. The van der Waals surface area contributed by atoms with Gasteiger partial charge in [-0.15, -0.1) is 0 Å². The topological polar surface area (TPSA) is 50.4 Å². The first-order chi connectivity index (χ1) is 9.74. The molecule has 0 heterocycles. The summed E-state index contributed by atoms with van der Waals surface area (Å²) in [6, 6.07) is 1.72. The Morgan fingerprint density at radius 2 is 2.05 bits per heavy atom. The van der Waals surface area contributed by atoms with Gasteiger partial charge in [-0.05, 0) is 25.1 Å². The highest BCUT2D eigenvalue weighted by Crippen LogP contribution is 2.31. The summed E-state index contributed by atoms with van der Waals surface area (Å²) in [5, 5.41) is 4.89. The van der Waals surface area contributed by atoms with Crippen LogP contribution < -0.4 is 10.6 Å². The predicted molar refractivity (Wildman–Crippen MR) is 69.4 cm³/mol. The van der Waals surface area contributed by atoms with E-state index in [0.29, 0.717) is 24.8 Å². The maximum atomic E-state index is 13.4. The molecule has 1 unspecified atom stereocenters. The van der Waals surface area contributed by atoms with Gasteiger partial charge in [-0.25, -0.2) is 4.39 Å². The van der Waals surface area contributed by atoms with Gasteiger partial charge in [-0.2, -0.15) is 13.2 Å². The van der Waals surface area contributed by atoms with Crippen molar-refractivity contribution in [2.75, 3.05) is 25.6 Å². The van der Waals surface area contributed by atoms with Gasteiger partial charge in [0, 0.05) is 13.2 Å². The van der Waals surface area contributed by atoms with Crippen molar-refractivity contribution in [1.29, 1.82) is 0 Å². The molecular formula is C13H16F4N2O2. The molecule has 0 aliphatic carbocycles. The molecule has 0 saturated heterocycles. The van der Waals surface area contributed by atoms with E-state index in [9.17, 15) is 22.4 Å². The van der Waals surface area contributed by atoms with Crippen LogP contribution in [0.15, 0.2) is 18.2 Å². The highest BCUT2D eigenvalue weighted by molar-refractivity contribution is 5.81. The van der Waals surface area contributed by atoms with Crippen LogP contribution >= 0.6 is 0 Å². The Hall–Kier alpha value is -1.83. The second kappa shape index (κ2) is 7.26. The summed E-state index contributed by atoms with van der Waals surface area (Å²) in [6.45, 7) is 1.65. The Kier molecular flexibility index (Phi) is 5.95.